The second-order valence-electron chi connectivity index (χ2n) is 6.35. The highest BCUT2D eigenvalue weighted by atomic mass is 16.5. The Balaban J connectivity index is 1.44. The normalized spacial score (nSPS) is 13.4. The Morgan fingerprint density at radius 1 is 1.04 bits per heavy atom. The van der Waals surface area contributed by atoms with Crippen LogP contribution in [0.2, 0.25) is 0 Å². The van der Waals surface area contributed by atoms with Gasteiger partial charge in [-0.2, -0.15) is 0 Å². The molecule has 3 N–H and O–H groups in total. The summed E-state index contributed by atoms with van der Waals surface area (Å²) in [5.74, 6) is 1.87. The van der Waals surface area contributed by atoms with E-state index in [0.29, 0.717) is 31.5 Å². The van der Waals surface area contributed by atoms with Gasteiger partial charge in [-0.05, 0) is 24.1 Å². The van der Waals surface area contributed by atoms with Gasteiger partial charge in [0.1, 0.15) is 0 Å². The van der Waals surface area contributed by atoms with E-state index in [1.807, 2.05) is 48.5 Å². The number of fused-ring (bicyclic) bond motifs is 1. The summed E-state index contributed by atoms with van der Waals surface area (Å²) in [5.41, 5.74) is 2.00. The zero-order valence-electron chi connectivity index (χ0n) is 16.0. The molecule has 0 radical (unpaired) electrons. The van der Waals surface area contributed by atoms with Crippen LogP contribution < -0.4 is 25.4 Å². The Labute approximate surface area is 165 Å². The molecule has 1 aliphatic rings. The first-order valence-electron chi connectivity index (χ1n) is 9.42. The summed E-state index contributed by atoms with van der Waals surface area (Å²) >= 11 is 0. The highest BCUT2D eigenvalue weighted by Crippen LogP contribution is 2.32. The van der Waals surface area contributed by atoms with Gasteiger partial charge in [0.2, 0.25) is 5.91 Å². The van der Waals surface area contributed by atoms with E-state index in [1.165, 1.54) is 5.56 Å². The van der Waals surface area contributed by atoms with Gasteiger partial charge < -0.3 is 25.4 Å². The van der Waals surface area contributed by atoms with E-state index in [-0.39, 0.29) is 12.5 Å². The first kappa shape index (κ1) is 19.5. The standard InChI is InChI=1S/C21H26N4O3/c1-22-21(24-15-20(26)23-11-10-16-6-3-2-4-7-16)25-17-8-9-18-19(14-17)28-13-5-12-27-18/h2-4,6-9,14H,5,10-13,15H2,1H3,(H,23,26)(H2,22,24,25). The minimum absolute atomic E-state index is 0.0856. The molecule has 0 aliphatic carbocycles. The molecule has 0 saturated heterocycles. The number of nitrogens with zero attached hydrogens (tertiary/aromatic N) is 1. The predicted octanol–water partition coefficient (Wildman–Crippen LogP) is 2.19. The largest absolute Gasteiger partial charge is 0.490 e. The van der Waals surface area contributed by atoms with Crippen LogP contribution in [0.1, 0.15) is 12.0 Å². The van der Waals surface area contributed by atoms with Crippen LogP contribution >= 0.6 is 0 Å². The van der Waals surface area contributed by atoms with Crippen LogP contribution in [0.3, 0.4) is 0 Å². The van der Waals surface area contributed by atoms with Crippen molar-refractivity contribution in [3.8, 4) is 11.5 Å². The monoisotopic (exact) mass is 382 g/mol. The molecule has 0 aromatic heterocycles. The molecule has 0 unspecified atom stereocenters. The Morgan fingerprint density at radius 2 is 1.82 bits per heavy atom. The number of anilines is 1. The van der Waals surface area contributed by atoms with Crippen LogP contribution in [0.5, 0.6) is 11.5 Å². The lowest BCUT2D eigenvalue weighted by atomic mass is 10.1. The molecule has 0 saturated carbocycles. The minimum Gasteiger partial charge on any atom is -0.490 e. The number of ether oxygens (including phenoxy) is 2. The average molecular weight is 382 g/mol. The van der Waals surface area contributed by atoms with Crippen molar-refractivity contribution < 1.29 is 14.3 Å². The molecule has 7 heteroatoms. The predicted molar refractivity (Wildman–Crippen MR) is 110 cm³/mol. The van der Waals surface area contributed by atoms with Gasteiger partial charge in [-0.25, -0.2) is 0 Å². The van der Waals surface area contributed by atoms with Crippen molar-refractivity contribution in [3.05, 3.63) is 54.1 Å². The Hall–Kier alpha value is -3.22. The third-order valence-corrected chi connectivity index (χ3v) is 4.23. The summed E-state index contributed by atoms with van der Waals surface area (Å²) < 4.78 is 11.3. The number of nitrogens with one attached hydrogen (secondary N) is 3. The third-order valence-electron chi connectivity index (χ3n) is 4.23. The number of guanidine groups is 1. The van der Waals surface area contributed by atoms with E-state index in [1.54, 1.807) is 7.05 Å². The van der Waals surface area contributed by atoms with Crippen molar-refractivity contribution in [2.24, 2.45) is 4.99 Å². The molecule has 0 spiro atoms. The SMILES string of the molecule is CN=C(NCC(=O)NCCc1ccccc1)Nc1ccc2c(c1)OCCCO2. The summed E-state index contributed by atoms with van der Waals surface area (Å²) in [6, 6.07) is 15.7. The topological polar surface area (TPSA) is 84.0 Å². The first-order valence-corrected chi connectivity index (χ1v) is 9.42. The summed E-state index contributed by atoms with van der Waals surface area (Å²) in [6.45, 7) is 2.02. The first-order chi connectivity index (χ1) is 13.7. The number of carbonyl (C=O) groups is 1. The number of aliphatic imine (C=N–C) groups is 1. The van der Waals surface area contributed by atoms with Crippen molar-refractivity contribution in [2.75, 3.05) is 38.7 Å². The van der Waals surface area contributed by atoms with Crippen LogP contribution in [0.15, 0.2) is 53.5 Å². The van der Waals surface area contributed by atoms with E-state index in [9.17, 15) is 4.79 Å². The molecule has 1 aliphatic heterocycles. The summed E-state index contributed by atoms with van der Waals surface area (Å²) in [6.07, 6.45) is 1.66. The molecule has 148 valence electrons. The molecule has 0 fully saturated rings. The lowest BCUT2D eigenvalue weighted by molar-refractivity contribution is -0.119. The lowest BCUT2D eigenvalue weighted by Crippen LogP contribution is -2.40. The minimum atomic E-state index is -0.0856. The van der Waals surface area contributed by atoms with Crippen molar-refractivity contribution in [3.63, 3.8) is 0 Å². The summed E-state index contributed by atoms with van der Waals surface area (Å²) in [4.78, 5) is 16.2. The van der Waals surface area contributed by atoms with Crippen molar-refractivity contribution in [2.45, 2.75) is 12.8 Å². The van der Waals surface area contributed by atoms with Crippen LogP contribution in [-0.2, 0) is 11.2 Å². The molecule has 28 heavy (non-hydrogen) atoms. The van der Waals surface area contributed by atoms with Gasteiger partial charge in [0.15, 0.2) is 17.5 Å². The molecule has 7 nitrogen and oxygen atoms in total. The number of amides is 1. The van der Waals surface area contributed by atoms with Gasteiger partial charge in [0.05, 0.1) is 19.8 Å². The molecular weight excluding hydrogens is 356 g/mol. The van der Waals surface area contributed by atoms with Crippen LogP contribution in [0.4, 0.5) is 5.69 Å². The Bertz CT molecular complexity index is 809. The van der Waals surface area contributed by atoms with Crippen LogP contribution in [0, 0.1) is 0 Å². The third kappa shape index (κ3) is 5.90. The fraction of sp³-hybridized carbons (Fsp3) is 0.333. The quantitative estimate of drug-likeness (QED) is 0.527. The molecule has 2 aromatic rings. The maximum Gasteiger partial charge on any atom is 0.239 e. The average Bonchev–Trinajstić information content (AvgIpc) is 2.97. The zero-order chi connectivity index (χ0) is 19.6. The van der Waals surface area contributed by atoms with Crippen LogP contribution in [-0.4, -0.2) is 45.2 Å². The van der Waals surface area contributed by atoms with Crippen molar-refractivity contribution in [1.82, 2.24) is 10.6 Å². The van der Waals surface area contributed by atoms with Crippen LogP contribution in [0.25, 0.3) is 0 Å². The van der Waals surface area contributed by atoms with Gasteiger partial charge in [-0.1, -0.05) is 30.3 Å². The van der Waals surface area contributed by atoms with Crippen molar-refractivity contribution in [1.29, 1.82) is 0 Å². The summed E-state index contributed by atoms with van der Waals surface area (Å²) in [7, 11) is 1.66. The van der Waals surface area contributed by atoms with Gasteiger partial charge in [-0.15, -0.1) is 0 Å². The number of rotatable bonds is 6. The van der Waals surface area contributed by atoms with E-state index in [4.69, 9.17) is 9.47 Å². The number of hydrogen-bond acceptors (Lipinski definition) is 4. The van der Waals surface area contributed by atoms with Gasteiger partial charge in [0, 0.05) is 31.8 Å². The molecule has 1 heterocycles. The van der Waals surface area contributed by atoms with Crippen molar-refractivity contribution >= 4 is 17.6 Å². The number of benzene rings is 2. The molecule has 3 rings (SSSR count). The maximum absolute atomic E-state index is 12.0. The Kier molecular flexibility index (Phi) is 7.12. The second-order valence-corrected chi connectivity index (χ2v) is 6.35. The second kappa shape index (κ2) is 10.2. The van der Waals surface area contributed by atoms with E-state index >= 15 is 0 Å². The fourth-order valence-electron chi connectivity index (χ4n) is 2.77. The summed E-state index contributed by atoms with van der Waals surface area (Å²) in [5, 5.41) is 9.07. The highest BCUT2D eigenvalue weighted by molar-refractivity contribution is 5.96. The smallest absolute Gasteiger partial charge is 0.239 e. The highest BCUT2D eigenvalue weighted by Gasteiger charge is 2.11. The molecule has 1 amide bonds. The van der Waals surface area contributed by atoms with Gasteiger partial charge in [-0.3, -0.25) is 9.79 Å². The van der Waals surface area contributed by atoms with E-state index in [0.717, 1.165) is 24.3 Å². The molecular formula is C21H26N4O3. The number of carbonyl (C=O) groups excluding carboxylic acids is 1. The van der Waals surface area contributed by atoms with Gasteiger partial charge >= 0.3 is 0 Å². The lowest BCUT2D eigenvalue weighted by Gasteiger charge is -2.14. The molecule has 0 atom stereocenters. The number of hydrogen-bond donors (Lipinski definition) is 3. The molecule has 0 bridgehead atoms. The van der Waals surface area contributed by atoms with E-state index in [2.05, 4.69) is 20.9 Å². The Morgan fingerprint density at radius 3 is 2.61 bits per heavy atom. The maximum atomic E-state index is 12.0. The van der Waals surface area contributed by atoms with Gasteiger partial charge in [0.25, 0.3) is 0 Å². The van der Waals surface area contributed by atoms with E-state index < -0.39 is 0 Å². The molecule has 2 aromatic carbocycles. The zero-order valence-corrected chi connectivity index (χ0v) is 16.0. The fourth-order valence-corrected chi connectivity index (χ4v) is 2.77.